The molecule has 1 unspecified atom stereocenters. The lowest BCUT2D eigenvalue weighted by Crippen LogP contribution is -2.48. The second kappa shape index (κ2) is 17.1. The van der Waals surface area contributed by atoms with Crippen LogP contribution in [0.25, 0.3) is 5.82 Å². The number of sulfonamides is 1. The molecule has 14 nitrogen and oxygen atoms in total. The first-order valence-corrected chi connectivity index (χ1v) is 20.7. The number of nitrogens with one attached hydrogen (secondary N) is 2. The number of hydrogen-bond acceptors (Lipinski definition) is 11. The van der Waals surface area contributed by atoms with Gasteiger partial charge in [-0.1, -0.05) is 29.8 Å². The topological polar surface area (TPSA) is 175 Å². The van der Waals surface area contributed by atoms with Crippen molar-refractivity contribution in [3.8, 4) is 11.7 Å². The number of halogens is 7. The van der Waals surface area contributed by atoms with Gasteiger partial charge in [0.2, 0.25) is 5.88 Å². The van der Waals surface area contributed by atoms with E-state index < -0.39 is 67.3 Å². The van der Waals surface area contributed by atoms with E-state index in [0.29, 0.717) is 24.8 Å². The first kappa shape index (κ1) is 45.1. The number of carbonyl (C=O) groups is 3. The van der Waals surface area contributed by atoms with Crippen LogP contribution in [0.3, 0.4) is 0 Å². The summed E-state index contributed by atoms with van der Waals surface area (Å²) in [6.45, 7) is 2.81. The molecule has 1 saturated carbocycles. The number of methoxy groups -OCH3 is 1. The predicted molar refractivity (Wildman–Crippen MR) is 206 cm³/mol. The van der Waals surface area contributed by atoms with Gasteiger partial charge in [-0.2, -0.15) is 34.8 Å². The van der Waals surface area contributed by atoms with Crippen molar-refractivity contribution in [1.82, 2.24) is 29.4 Å². The van der Waals surface area contributed by atoms with Crippen LogP contribution >= 0.6 is 11.6 Å². The summed E-state index contributed by atoms with van der Waals surface area (Å²) in [7, 11) is -3.41. The van der Waals surface area contributed by atoms with E-state index in [4.69, 9.17) is 21.1 Å². The molecule has 2 amide bonds. The average molecular weight is 900 g/mol. The summed E-state index contributed by atoms with van der Waals surface area (Å²) in [6, 6.07) is 13.6. The molecule has 0 bridgehead atoms. The van der Waals surface area contributed by atoms with E-state index >= 15 is 0 Å². The van der Waals surface area contributed by atoms with Gasteiger partial charge in [0, 0.05) is 24.3 Å². The number of hydrogen-bond donors (Lipinski definition) is 2. The monoisotopic (exact) mass is 899 g/mol. The smallest absolute Gasteiger partial charge is 0.471 e. The predicted octanol–water partition coefficient (Wildman–Crippen LogP) is 7.46. The molecule has 328 valence electrons. The third-order valence-electron chi connectivity index (χ3n) is 10.8. The summed E-state index contributed by atoms with van der Waals surface area (Å²) in [5.74, 6) is -3.78. The molecule has 4 aromatic rings. The number of carbonyl (C=O) groups excluding carboxylic acids is 3. The van der Waals surface area contributed by atoms with Crippen LogP contribution in [0.1, 0.15) is 84.7 Å². The van der Waals surface area contributed by atoms with E-state index in [0.717, 1.165) is 11.0 Å². The quantitative estimate of drug-likeness (QED) is 0.0689. The fourth-order valence-electron chi connectivity index (χ4n) is 7.25. The number of pyridine rings is 2. The minimum atomic E-state index is -5.03. The van der Waals surface area contributed by atoms with E-state index in [2.05, 4.69) is 20.4 Å². The zero-order chi connectivity index (χ0) is 44.5. The van der Waals surface area contributed by atoms with Crippen molar-refractivity contribution in [2.45, 2.75) is 81.3 Å². The highest BCUT2D eigenvalue weighted by molar-refractivity contribution is 7.90. The van der Waals surface area contributed by atoms with Crippen LogP contribution in [0.15, 0.2) is 71.9 Å². The lowest BCUT2D eigenvalue weighted by atomic mass is 9.90. The Morgan fingerprint density at radius 3 is 2.31 bits per heavy atom. The van der Waals surface area contributed by atoms with Crippen molar-refractivity contribution < 1.29 is 58.6 Å². The zero-order valence-corrected chi connectivity index (χ0v) is 34.4. The Labute approximate surface area is 351 Å². The van der Waals surface area contributed by atoms with Gasteiger partial charge < -0.3 is 19.7 Å². The first-order valence-electron chi connectivity index (χ1n) is 18.8. The molecule has 3 aromatic heterocycles. The van der Waals surface area contributed by atoms with Gasteiger partial charge in [-0.25, -0.2) is 24.2 Å². The highest BCUT2D eigenvalue weighted by atomic mass is 35.5. The normalized spacial score (nSPS) is 17.7. The van der Waals surface area contributed by atoms with Crippen LogP contribution in [0.4, 0.5) is 32.2 Å². The van der Waals surface area contributed by atoms with Crippen LogP contribution in [0.5, 0.6) is 5.88 Å². The van der Waals surface area contributed by atoms with Gasteiger partial charge in [-0.15, -0.1) is 5.10 Å². The molecule has 1 saturated heterocycles. The zero-order valence-electron chi connectivity index (χ0n) is 32.8. The first-order chi connectivity index (χ1) is 28.5. The number of rotatable bonds is 15. The molecule has 1 aliphatic carbocycles. The molecule has 2 aliphatic rings. The maximum atomic E-state index is 13.4. The number of anilines is 1. The fraction of sp³-hybridized carbons (Fsp3) is 0.436. The third-order valence-corrected chi connectivity index (χ3v) is 12.3. The van der Waals surface area contributed by atoms with Gasteiger partial charge >= 0.3 is 24.2 Å². The van der Waals surface area contributed by atoms with Crippen LogP contribution in [-0.2, 0) is 19.6 Å². The van der Waals surface area contributed by atoms with E-state index in [-0.39, 0.29) is 67.0 Å². The fourth-order valence-corrected chi connectivity index (χ4v) is 8.42. The molecule has 0 spiro atoms. The maximum absolute atomic E-state index is 13.4. The maximum Gasteiger partial charge on any atom is 0.471 e. The summed E-state index contributed by atoms with van der Waals surface area (Å²) in [5.41, 5.74) is -2.23. The molecule has 0 radical (unpaired) electrons. The van der Waals surface area contributed by atoms with Crippen LogP contribution in [0.2, 0.25) is 5.15 Å². The molecule has 2 atom stereocenters. The number of ether oxygens (including phenoxy) is 2. The Hall–Kier alpha value is -5.44. The third kappa shape index (κ3) is 10.4. The lowest BCUT2D eigenvalue weighted by Gasteiger charge is -2.31. The number of nitrogens with zero attached hydrogens (tertiary/aromatic N) is 5. The van der Waals surface area contributed by atoms with E-state index in [1.807, 2.05) is 4.72 Å². The number of likely N-dealkylation sites (tertiary alicyclic amines) is 1. The molecule has 1 aromatic carbocycles. The van der Waals surface area contributed by atoms with Crippen molar-refractivity contribution in [3.05, 3.63) is 88.7 Å². The van der Waals surface area contributed by atoms with Gasteiger partial charge in [-0.05, 0) is 100 Å². The van der Waals surface area contributed by atoms with E-state index in [1.54, 1.807) is 26.0 Å². The molecule has 61 heavy (non-hydrogen) atoms. The van der Waals surface area contributed by atoms with Crippen LogP contribution in [-0.4, -0.2) is 89.0 Å². The Morgan fingerprint density at radius 1 is 0.984 bits per heavy atom. The summed E-state index contributed by atoms with van der Waals surface area (Å²) in [4.78, 5) is 46.6. The van der Waals surface area contributed by atoms with Gasteiger partial charge in [-0.3, -0.25) is 9.59 Å². The SMILES string of the molecule is COC(=O)c1ccc(C(CC[C@@H]2CN(C(=O)C(F)(F)F)C(C)(C)C2)Nc2cccc(S(=O)(=O)NC(=O)c3ccc(-n4ccc(OCCC5(C(F)(F)F)CC5)n4)nc3Cl)n2)cc1. The Balaban J connectivity index is 1.13. The molecule has 4 heterocycles. The van der Waals surface area contributed by atoms with Crippen molar-refractivity contribution >= 4 is 45.2 Å². The molecule has 6 rings (SSSR count). The highest BCUT2D eigenvalue weighted by Crippen LogP contribution is 2.59. The number of esters is 1. The Bertz CT molecular complexity index is 2390. The van der Waals surface area contributed by atoms with Crippen LogP contribution < -0.4 is 14.8 Å². The minimum absolute atomic E-state index is 0.0302. The van der Waals surface area contributed by atoms with Crippen molar-refractivity contribution in [1.29, 1.82) is 0 Å². The summed E-state index contributed by atoms with van der Waals surface area (Å²) < 4.78 is 120. The van der Waals surface area contributed by atoms with Crippen molar-refractivity contribution in [2.75, 3.05) is 25.6 Å². The van der Waals surface area contributed by atoms with Gasteiger partial charge in [0.1, 0.15) is 11.0 Å². The van der Waals surface area contributed by atoms with Crippen LogP contribution in [0, 0.1) is 11.3 Å². The summed E-state index contributed by atoms with van der Waals surface area (Å²) in [6.07, 6.45) is -7.11. The standard InChI is InChI=1S/C39H40ClF6N7O7S/c1-36(2)21-23(22-52(36)35(56)38(41,42)43)7-13-27(24-8-10-25(11-9-24)34(55)59-3)47-28-5-4-6-31(48-28)61(57,58)51-33(54)26-12-14-29(49-32(26)40)53-19-15-30(50-53)60-20-18-37(16-17-37)39(44,45)46/h4-6,8-12,14-15,19,23,27H,7,13,16-18,20-22H2,1-3H3,(H,47,48)(H,51,54)/t23-,27?/m0/s1. The number of benzene rings is 1. The second-order valence-corrected chi connectivity index (χ2v) is 17.4. The molecule has 22 heteroatoms. The molecule has 1 aliphatic heterocycles. The summed E-state index contributed by atoms with van der Waals surface area (Å²) >= 11 is 6.28. The molecule has 2 fully saturated rings. The number of aromatic nitrogens is 4. The largest absolute Gasteiger partial charge is 0.477 e. The van der Waals surface area contributed by atoms with E-state index in [9.17, 15) is 49.1 Å². The second-order valence-electron chi connectivity index (χ2n) is 15.5. The van der Waals surface area contributed by atoms with Crippen molar-refractivity contribution in [2.24, 2.45) is 11.3 Å². The van der Waals surface area contributed by atoms with Crippen molar-refractivity contribution in [3.63, 3.8) is 0 Å². The van der Waals surface area contributed by atoms with E-state index in [1.165, 1.54) is 60.5 Å². The molecular formula is C39H40ClF6N7O7S. The minimum Gasteiger partial charge on any atom is -0.477 e. The lowest BCUT2D eigenvalue weighted by molar-refractivity contribution is -0.190. The Morgan fingerprint density at radius 2 is 1.69 bits per heavy atom. The highest BCUT2D eigenvalue weighted by Gasteiger charge is 2.62. The number of amides is 2. The average Bonchev–Trinajstić information content (AvgIpc) is 3.75. The number of alkyl halides is 6. The van der Waals surface area contributed by atoms with Gasteiger partial charge in [0.25, 0.3) is 15.9 Å². The van der Waals surface area contributed by atoms with Gasteiger partial charge in [0.15, 0.2) is 10.8 Å². The molecular weight excluding hydrogens is 860 g/mol. The van der Waals surface area contributed by atoms with Gasteiger partial charge in [0.05, 0.1) is 36.3 Å². The molecule has 2 N–H and O–H groups in total. The summed E-state index contributed by atoms with van der Waals surface area (Å²) in [5, 5.41) is 6.33. The Kier molecular flexibility index (Phi) is 12.7.